The van der Waals surface area contributed by atoms with Crippen molar-refractivity contribution in [1.29, 1.82) is 0 Å². The van der Waals surface area contributed by atoms with Gasteiger partial charge >= 0.3 is 11.9 Å². The summed E-state index contributed by atoms with van der Waals surface area (Å²) in [6.45, 7) is 9.68. The van der Waals surface area contributed by atoms with E-state index >= 15 is 0 Å². The first-order chi connectivity index (χ1) is 24.6. The van der Waals surface area contributed by atoms with Crippen LogP contribution in [0.5, 0.6) is 5.75 Å². The average molecular weight is 740 g/mol. The summed E-state index contributed by atoms with van der Waals surface area (Å²) in [6, 6.07) is 6.05. The number of rotatable bonds is 28. The Balaban J connectivity index is 3.09. The summed E-state index contributed by atoms with van der Waals surface area (Å²) in [5.41, 5.74) is -2.56. The molecule has 0 saturated heterocycles. The van der Waals surface area contributed by atoms with Crippen molar-refractivity contribution in [2.75, 3.05) is 27.4 Å². The highest BCUT2D eigenvalue weighted by molar-refractivity contribution is 5.93. The molecule has 0 radical (unpaired) electrons. The lowest BCUT2D eigenvalue weighted by atomic mass is 9.82. The number of esters is 2. The number of alkyl halides is 2. The Morgan fingerprint density at radius 2 is 1.42 bits per heavy atom. The van der Waals surface area contributed by atoms with Crippen molar-refractivity contribution in [2.45, 2.75) is 161 Å². The molecule has 0 aliphatic carbocycles. The predicted molar refractivity (Wildman–Crippen MR) is 200 cm³/mol. The van der Waals surface area contributed by atoms with Gasteiger partial charge in [-0.25, -0.2) is 18.4 Å². The molecule has 1 aromatic carbocycles. The minimum atomic E-state index is -2.64. The van der Waals surface area contributed by atoms with E-state index in [1.807, 2.05) is 0 Å². The minimum absolute atomic E-state index is 0.0517. The van der Waals surface area contributed by atoms with Crippen molar-refractivity contribution in [3.8, 4) is 5.75 Å². The maximum absolute atomic E-state index is 14.3. The number of allylic oxidation sites excluding steroid dienone is 1. The van der Waals surface area contributed by atoms with Gasteiger partial charge in [0.2, 0.25) is 11.8 Å². The van der Waals surface area contributed by atoms with Crippen LogP contribution in [0.3, 0.4) is 0 Å². The number of methoxy groups -OCH3 is 2. The number of halogens is 2. The molecular formula is C41H67F2NO8. The van der Waals surface area contributed by atoms with E-state index in [1.54, 1.807) is 51.1 Å². The van der Waals surface area contributed by atoms with Crippen LogP contribution in [-0.4, -0.2) is 73.6 Å². The zero-order valence-electron chi connectivity index (χ0n) is 32.9. The summed E-state index contributed by atoms with van der Waals surface area (Å²) in [5, 5.41) is 14.6. The summed E-state index contributed by atoms with van der Waals surface area (Å²) in [6.07, 6.45) is 12.2. The van der Waals surface area contributed by atoms with E-state index in [9.17, 15) is 28.3 Å². The zero-order chi connectivity index (χ0) is 39.0. The van der Waals surface area contributed by atoms with Crippen molar-refractivity contribution in [2.24, 2.45) is 5.92 Å². The summed E-state index contributed by atoms with van der Waals surface area (Å²) in [5.74, 6) is -5.87. The maximum Gasteiger partial charge on any atom is 0.339 e. The SMILES string of the molecule is CCCCCCCC(F)(F)CCCCCCC=C[C@H](C(=O)N[C@@H](Cc1ccc(OCCCC)cc1)C(=O)OC)[C@@](O)(CCOC)C(=O)OC(C)(C)C. The number of carbonyl (C=O) groups is 3. The van der Waals surface area contributed by atoms with Crippen LogP contribution in [0.15, 0.2) is 36.4 Å². The lowest BCUT2D eigenvalue weighted by Crippen LogP contribution is -2.56. The molecule has 52 heavy (non-hydrogen) atoms. The van der Waals surface area contributed by atoms with E-state index in [0.717, 1.165) is 44.1 Å². The molecule has 3 atom stereocenters. The van der Waals surface area contributed by atoms with Gasteiger partial charge in [-0.2, -0.15) is 0 Å². The number of unbranched alkanes of at least 4 members (excludes halogenated alkanes) is 9. The van der Waals surface area contributed by atoms with Gasteiger partial charge in [0.15, 0.2) is 5.60 Å². The van der Waals surface area contributed by atoms with Gasteiger partial charge in [0.05, 0.1) is 19.6 Å². The number of nitrogens with one attached hydrogen (secondary N) is 1. The third kappa shape index (κ3) is 19.1. The summed E-state index contributed by atoms with van der Waals surface area (Å²) in [7, 11) is 2.63. The zero-order valence-corrected chi connectivity index (χ0v) is 32.9. The van der Waals surface area contributed by atoms with Crippen LogP contribution in [0.25, 0.3) is 0 Å². The molecule has 11 heteroatoms. The van der Waals surface area contributed by atoms with Gasteiger partial charge in [-0.05, 0) is 70.6 Å². The molecule has 0 aliphatic rings. The van der Waals surface area contributed by atoms with Crippen LogP contribution in [0.4, 0.5) is 8.78 Å². The fraction of sp³-hybridized carbons (Fsp3) is 0.732. The molecule has 0 saturated carbocycles. The second kappa shape index (κ2) is 25.1. The third-order valence-electron chi connectivity index (χ3n) is 8.81. The van der Waals surface area contributed by atoms with Crippen molar-refractivity contribution in [3.63, 3.8) is 0 Å². The van der Waals surface area contributed by atoms with Gasteiger partial charge in [-0.15, -0.1) is 0 Å². The van der Waals surface area contributed by atoms with Gasteiger partial charge < -0.3 is 29.4 Å². The van der Waals surface area contributed by atoms with Crippen LogP contribution in [0, 0.1) is 5.92 Å². The lowest BCUT2D eigenvalue weighted by molar-refractivity contribution is -0.185. The van der Waals surface area contributed by atoms with E-state index in [4.69, 9.17) is 18.9 Å². The lowest BCUT2D eigenvalue weighted by Gasteiger charge is -2.35. The predicted octanol–water partition coefficient (Wildman–Crippen LogP) is 8.68. The van der Waals surface area contributed by atoms with Crippen LogP contribution in [0.2, 0.25) is 0 Å². The van der Waals surface area contributed by atoms with Gasteiger partial charge in [0.1, 0.15) is 17.4 Å². The molecule has 0 spiro atoms. The first-order valence-electron chi connectivity index (χ1n) is 19.2. The molecular weight excluding hydrogens is 672 g/mol. The van der Waals surface area contributed by atoms with Crippen LogP contribution in [-0.2, 0) is 35.0 Å². The third-order valence-corrected chi connectivity index (χ3v) is 8.81. The Labute approximate surface area is 311 Å². The first kappa shape index (κ1) is 47.0. The molecule has 0 aliphatic heterocycles. The number of amides is 1. The molecule has 9 nitrogen and oxygen atoms in total. The van der Waals surface area contributed by atoms with Gasteiger partial charge in [0, 0.05) is 39.4 Å². The number of benzene rings is 1. The number of carbonyl (C=O) groups excluding carboxylic acids is 3. The van der Waals surface area contributed by atoms with E-state index in [0.29, 0.717) is 50.9 Å². The van der Waals surface area contributed by atoms with E-state index in [2.05, 4.69) is 19.2 Å². The molecule has 1 aromatic rings. The van der Waals surface area contributed by atoms with E-state index in [-0.39, 0.29) is 32.3 Å². The fourth-order valence-electron chi connectivity index (χ4n) is 5.70. The normalized spacial score (nSPS) is 14.4. The second-order valence-corrected chi connectivity index (χ2v) is 14.7. The minimum Gasteiger partial charge on any atom is -0.494 e. The average Bonchev–Trinajstić information content (AvgIpc) is 3.09. The fourth-order valence-corrected chi connectivity index (χ4v) is 5.70. The van der Waals surface area contributed by atoms with Crippen LogP contribution < -0.4 is 10.1 Å². The van der Waals surface area contributed by atoms with Crippen molar-refractivity contribution in [3.05, 3.63) is 42.0 Å². The summed E-state index contributed by atoms with van der Waals surface area (Å²) in [4.78, 5) is 40.4. The number of aliphatic hydroxyl groups is 1. The Kier molecular flexibility index (Phi) is 22.6. The standard InChI is InChI=1S/C41H67F2NO8/c1-8-10-12-16-19-26-40(42,43)27-20-17-14-13-15-18-21-34(41(48,28-30-49-6)38(47)52-39(3,4)5)36(45)44-35(37(46)50-7)31-32-22-24-33(25-23-32)51-29-11-9-2/h18,21-25,34-35,48H,8-17,19-20,26-31H2,1-7H3,(H,44,45)/t34-,35+,41+/m1/s1. The molecule has 0 fully saturated rings. The molecule has 0 aromatic heterocycles. The monoisotopic (exact) mass is 739 g/mol. The van der Waals surface area contributed by atoms with Gasteiger partial charge in [0.25, 0.3) is 0 Å². The molecule has 0 bridgehead atoms. The summed E-state index contributed by atoms with van der Waals surface area (Å²) >= 11 is 0. The molecule has 2 N–H and O–H groups in total. The topological polar surface area (TPSA) is 120 Å². The van der Waals surface area contributed by atoms with E-state index < -0.39 is 46.9 Å². The smallest absolute Gasteiger partial charge is 0.339 e. The highest BCUT2D eigenvalue weighted by atomic mass is 19.3. The first-order valence-corrected chi connectivity index (χ1v) is 19.2. The number of hydrogen-bond donors (Lipinski definition) is 2. The van der Waals surface area contributed by atoms with Gasteiger partial charge in [-0.1, -0.05) is 83.1 Å². The Morgan fingerprint density at radius 1 is 0.827 bits per heavy atom. The Morgan fingerprint density at radius 3 is 1.98 bits per heavy atom. The molecule has 1 rings (SSSR count). The molecule has 1 amide bonds. The second-order valence-electron chi connectivity index (χ2n) is 14.7. The highest BCUT2D eigenvalue weighted by Gasteiger charge is 2.49. The Hall–Kier alpha value is -3.05. The molecule has 0 heterocycles. The van der Waals surface area contributed by atoms with Crippen molar-refractivity contribution in [1.82, 2.24) is 5.32 Å². The van der Waals surface area contributed by atoms with Crippen molar-refractivity contribution < 1.29 is 47.2 Å². The van der Waals surface area contributed by atoms with Crippen LogP contribution in [0.1, 0.15) is 136 Å². The maximum atomic E-state index is 14.3. The van der Waals surface area contributed by atoms with Crippen molar-refractivity contribution >= 4 is 17.8 Å². The van der Waals surface area contributed by atoms with Crippen LogP contribution >= 0.6 is 0 Å². The highest BCUT2D eigenvalue weighted by Crippen LogP contribution is 2.30. The summed E-state index contributed by atoms with van der Waals surface area (Å²) < 4.78 is 50.1. The number of hydrogen-bond acceptors (Lipinski definition) is 8. The van der Waals surface area contributed by atoms with Gasteiger partial charge in [-0.3, -0.25) is 4.79 Å². The number of ether oxygens (including phenoxy) is 4. The quantitative estimate of drug-likeness (QED) is 0.0498. The largest absolute Gasteiger partial charge is 0.494 e. The molecule has 0 unspecified atom stereocenters. The van der Waals surface area contributed by atoms with E-state index in [1.165, 1.54) is 20.3 Å². The Bertz CT molecular complexity index is 1180. The molecule has 298 valence electrons.